The van der Waals surface area contributed by atoms with E-state index in [1.54, 1.807) is 0 Å². The van der Waals surface area contributed by atoms with Crippen molar-refractivity contribution in [2.75, 3.05) is 19.0 Å². The van der Waals surface area contributed by atoms with Gasteiger partial charge in [0.15, 0.2) is 0 Å². The van der Waals surface area contributed by atoms with Gasteiger partial charge < -0.3 is 4.90 Å². The molecule has 0 radical (unpaired) electrons. The Balaban J connectivity index is 2.03. The molecule has 0 bridgehead atoms. The number of benzene rings is 3. The first kappa shape index (κ1) is 32.0. The SMILES string of the molecule is CC(C)C(CC(C)(C)C)c1ccc(C(c2ccc(C(CC(C)(C)C)C(C)C)cc2)c2ccc(N(C)C)cc2)cc1. The van der Waals surface area contributed by atoms with Crippen molar-refractivity contribution in [2.45, 2.75) is 99.8 Å². The van der Waals surface area contributed by atoms with Crippen molar-refractivity contribution in [2.24, 2.45) is 22.7 Å². The monoisotopic (exact) mass is 539 g/mol. The second-order valence-electron chi connectivity index (χ2n) is 15.5. The van der Waals surface area contributed by atoms with Gasteiger partial charge in [-0.25, -0.2) is 0 Å². The summed E-state index contributed by atoms with van der Waals surface area (Å²) in [4.78, 5) is 2.17. The van der Waals surface area contributed by atoms with Crippen LogP contribution in [0.5, 0.6) is 0 Å². The van der Waals surface area contributed by atoms with E-state index in [-0.39, 0.29) is 5.92 Å². The smallest absolute Gasteiger partial charge is 0.0361 e. The molecule has 0 saturated carbocycles. The van der Waals surface area contributed by atoms with Crippen molar-refractivity contribution in [1.82, 2.24) is 0 Å². The number of nitrogens with zero attached hydrogens (tertiary/aromatic N) is 1. The van der Waals surface area contributed by atoms with Crippen LogP contribution in [0.15, 0.2) is 72.8 Å². The van der Waals surface area contributed by atoms with E-state index in [4.69, 9.17) is 0 Å². The maximum atomic E-state index is 2.40. The van der Waals surface area contributed by atoms with Gasteiger partial charge >= 0.3 is 0 Å². The van der Waals surface area contributed by atoms with E-state index in [2.05, 4.69) is 161 Å². The van der Waals surface area contributed by atoms with Crippen LogP contribution in [-0.4, -0.2) is 14.1 Å². The predicted molar refractivity (Wildman–Crippen MR) is 178 cm³/mol. The molecule has 218 valence electrons. The highest BCUT2D eigenvalue weighted by atomic mass is 15.1. The Hall–Kier alpha value is -2.54. The molecule has 0 heterocycles. The Morgan fingerprint density at radius 1 is 0.475 bits per heavy atom. The Bertz CT molecular complexity index is 1090. The number of hydrogen-bond donors (Lipinski definition) is 0. The zero-order valence-corrected chi connectivity index (χ0v) is 27.7. The summed E-state index contributed by atoms with van der Waals surface area (Å²) in [7, 11) is 4.21. The highest BCUT2D eigenvalue weighted by Crippen LogP contribution is 2.40. The maximum Gasteiger partial charge on any atom is 0.0361 e. The molecule has 0 saturated heterocycles. The van der Waals surface area contributed by atoms with E-state index in [0.717, 1.165) is 0 Å². The topological polar surface area (TPSA) is 3.24 Å². The highest BCUT2D eigenvalue weighted by Gasteiger charge is 2.26. The molecule has 0 amide bonds. The Morgan fingerprint density at radius 3 is 1.00 bits per heavy atom. The van der Waals surface area contributed by atoms with Crippen molar-refractivity contribution < 1.29 is 0 Å². The van der Waals surface area contributed by atoms with Crippen LogP contribution < -0.4 is 4.90 Å². The molecule has 0 aliphatic heterocycles. The average molecular weight is 540 g/mol. The molecule has 1 nitrogen and oxygen atoms in total. The van der Waals surface area contributed by atoms with Gasteiger partial charge in [-0.05, 0) is 87.3 Å². The zero-order valence-electron chi connectivity index (χ0n) is 27.7. The Morgan fingerprint density at radius 2 is 0.750 bits per heavy atom. The van der Waals surface area contributed by atoms with E-state index < -0.39 is 0 Å². The van der Waals surface area contributed by atoms with Gasteiger partial charge in [0, 0.05) is 25.7 Å². The lowest BCUT2D eigenvalue weighted by molar-refractivity contribution is 0.301. The van der Waals surface area contributed by atoms with Crippen LogP contribution in [-0.2, 0) is 0 Å². The third kappa shape index (κ3) is 8.73. The molecule has 3 aromatic rings. The van der Waals surface area contributed by atoms with Crippen molar-refractivity contribution in [3.05, 3.63) is 101 Å². The second kappa shape index (κ2) is 13.0. The van der Waals surface area contributed by atoms with E-state index in [9.17, 15) is 0 Å². The molecule has 3 rings (SSSR count). The van der Waals surface area contributed by atoms with Crippen LogP contribution in [0.25, 0.3) is 0 Å². The first-order chi connectivity index (χ1) is 18.6. The van der Waals surface area contributed by atoms with Gasteiger partial charge in [-0.3, -0.25) is 0 Å². The number of rotatable bonds is 10. The molecule has 0 N–H and O–H groups in total. The van der Waals surface area contributed by atoms with Crippen LogP contribution in [0.4, 0.5) is 5.69 Å². The highest BCUT2D eigenvalue weighted by molar-refractivity contribution is 5.51. The fourth-order valence-corrected chi connectivity index (χ4v) is 6.21. The molecule has 0 fully saturated rings. The summed E-state index contributed by atoms with van der Waals surface area (Å²) < 4.78 is 0. The Labute approximate surface area is 247 Å². The molecule has 0 spiro atoms. The van der Waals surface area contributed by atoms with Crippen molar-refractivity contribution in [3.63, 3.8) is 0 Å². The minimum absolute atomic E-state index is 0.208. The van der Waals surface area contributed by atoms with Crippen LogP contribution in [0.3, 0.4) is 0 Å². The minimum Gasteiger partial charge on any atom is -0.378 e. The molecular weight excluding hydrogens is 482 g/mol. The third-order valence-electron chi connectivity index (χ3n) is 8.41. The summed E-state index contributed by atoms with van der Waals surface area (Å²) in [6.45, 7) is 23.6. The van der Waals surface area contributed by atoms with E-state index in [1.807, 2.05) is 0 Å². The number of anilines is 1. The summed E-state index contributed by atoms with van der Waals surface area (Å²) in [5.74, 6) is 2.59. The molecule has 2 atom stereocenters. The van der Waals surface area contributed by atoms with Crippen molar-refractivity contribution in [3.8, 4) is 0 Å². The van der Waals surface area contributed by atoms with Gasteiger partial charge in [0.05, 0.1) is 0 Å². The first-order valence-corrected chi connectivity index (χ1v) is 15.5. The predicted octanol–water partition coefficient (Wildman–Crippen LogP) is 11.3. The van der Waals surface area contributed by atoms with Gasteiger partial charge in [0.2, 0.25) is 0 Å². The minimum atomic E-state index is 0.208. The largest absolute Gasteiger partial charge is 0.378 e. The van der Waals surface area contributed by atoms with E-state index in [1.165, 1.54) is 46.3 Å². The summed E-state index contributed by atoms with van der Waals surface area (Å²) >= 11 is 0. The lowest BCUT2D eigenvalue weighted by atomic mass is 9.75. The van der Waals surface area contributed by atoms with Crippen LogP contribution in [0.2, 0.25) is 0 Å². The van der Waals surface area contributed by atoms with Crippen LogP contribution >= 0.6 is 0 Å². The maximum absolute atomic E-state index is 2.40. The third-order valence-corrected chi connectivity index (χ3v) is 8.41. The molecule has 3 aromatic carbocycles. The lowest BCUT2D eigenvalue weighted by Gasteiger charge is -2.30. The fraction of sp³-hybridized carbons (Fsp3) is 0.538. The summed E-state index contributed by atoms with van der Waals surface area (Å²) in [5.41, 5.74) is 8.86. The normalized spacial score (nSPS) is 14.8. The van der Waals surface area contributed by atoms with Crippen molar-refractivity contribution in [1.29, 1.82) is 0 Å². The van der Waals surface area contributed by atoms with Gasteiger partial charge in [0.25, 0.3) is 0 Å². The van der Waals surface area contributed by atoms with Gasteiger partial charge in [-0.1, -0.05) is 130 Å². The van der Waals surface area contributed by atoms with Crippen LogP contribution in [0.1, 0.15) is 128 Å². The molecule has 40 heavy (non-hydrogen) atoms. The average Bonchev–Trinajstić information content (AvgIpc) is 2.86. The number of hydrogen-bond acceptors (Lipinski definition) is 1. The van der Waals surface area contributed by atoms with Crippen molar-refractivity contribution >= 4 is 5.69 Å². The summed E-state index contributed by atoms with van der Waals surface area (Å²) in [6.07, 6.45) is 2.40. The molecule has 0 aliphatic carbocycles. The van der Waals surface area contributed by atoms with Gasteiger partial charge in [-0.2, -0.15) is 0 Å². The Kier molecular flexibility index (Phi) is 10.4. The molecule has 1 heteroatoms. The zero-order chi connectivity index (χ0) is 29.8. The van der Waals surface area contributed by atoms with Gasteiger partial charge in [-0.15, -0.1) is 0 Å². The summed E-state index contributed by atoms with van der Waals surface area (Å²) in [6, 6.07) is 28.3. The molecular formula is C39H57N. The fourth-order valence-electron chi connectivity index (χ4n) is 6.21. The van der Waals surface area contributed by atoms with Gasteiger partial charge in [0.1, 0.15) is 0 Å². The molecule has 0 aromatic heterocycles. The van der Waals surface area contributed by atoms with E-state index >= 15 is 0 Å². The second-order valence-corrected chi connectivity index (χ2v) is 15.5. The molecule has 0 aliphatic rings. The standard InChI is InChI=1S/C39H57N/c1-27(2)35(25-38(5,6)7)29-13-17-31(18-14-29)37(33-21-23-34(24-22-33)40(11)12)32-19-15-30(16-20-32)36(28(3)4)26-39(8,9)10/h13-24,27-28,35-37H,25-26H2,1-12H3. The first-order valence-electron chi connectivity index (χ1n) is 15.5. The van der Waals surface area contributed by atoms with E-state index in [0.29, 0.717) is 34.5 Å². The quantitative estimate of drug-likeness (QED) is 0.232. The molecule has 2 unspecified atom stereocenters. The van der Waals surface area contributed by atoms with Crippen LogP contribution in [0, 0.1) is 22.7 Å². The summed E-state index contributed by atoms with van der Waals surface area (Å²) in [5, 5.41) is 0. The lowest BCUT2D eigenvalue weighted by Crippen LogP contribution is -2.17.